The Bertz CT molecular complexity index is 541. The standard InChI is InChI=1S/C12H11NO4S/c1-6-2-3-7(4-8(6)12(16)17)18-9-5-10(14)13-11(9)15/h2-4,9H,5H2,1H3,(H,16,17)(H,13,14,15). The Hall–Kier alpha value is -1.82. The maximum absolute atomic E-state index is 11.4. The highest BCUT2D eigenvalue weighted by Crippen LogP contribution is 2.29. The van der Waals surface area contributed by atoms with Crippen LogP contribution in [0.4, 0.5) is 0 Å². The molecule has 0 saturated carbocycles. The van der Waals surface area contributed by atoms with Crippen LogP contribution in [0.1, 0.15) is 22.3 Å². The highest BCUT2D eigenvalue weighted by molar-refractivity contribution is 8.00. The number of carbonyl (C=O) groups is 3. The summed E-state index contributed by atoms with van der Waals surface area (Å²) in [6.45, 7) is 1.71. The lowest BCUT2D eigenvalue weighted by atomic mass is 10.1. The number of hydrogen-bond donors (Lipinski definition) is 2. The van der Waals surface area contributed by atoms with Crippen LogP contribution < -0.4 is 5.32 Å². The molecule has 1 heterocycles. The lowest BCUT2D eigenvalue weighted by molar-refractivity contribution is -0.124. The molecular weight excluding hydrogens is 254 g/mol. The van der Waals surface area contributed by atoms with Gasteiger partial charge in [0.05, 0.1) is 10.8 Å². The molecule has 1 atom stereocenters. The highest BCUT2D eigenvalue weighted by Gasteiger charge is 2.31. The summed E-state index contributed by atoms with van der Waals surface area (Å²) >= 11 is 1.21. The van der Waals surface area contributed by atoms with Crippen LogP contribution in [0.3, 0.4) is 0 Å². The normalized spacial score (nSPS) is 18.8. The Kier molecular flexibility index (Phi) is 3.38. The number of nitrogens with one attached hydrogen (secondary N) is 1. The number of carbonyl (C=O) groups excluding carboxylic acids is 2. The maximum atomic E-state index is 11.4. The van der Waals surface area contributed by atoms with E-state index >= 15 is 0 Å². The second-order valence-corrected chi connectivity index (χ2v) is 5.28. The highest BCUT2D eigenvalue weighted by atomic mass is 32.2. The molecule has 2 rings (SSSR count). The zero-order valence-electron chi connectivity index (χ0n) is 9.60. The first-order chi connectivity index (χ1) is 8.47. The van der Waals surface area contributed by atoms with Crippen LogP contribution in [0.2, 0.25) is 0 Å². The largest absolute Gasteiger partial charge is 0.478 e. The van der Waals surface area contributed by atoms with Gasteiger partial charge in [0.15, 0.2) is 0 Å². The molecular formula is C12H11NO4S. The van der Waals surface area contributed by atoms with E-state index in [1.165, 1.54) is 17.8 Å². The Morgan fingerprint density at radius 2 is 2.17 bits per heavy atom. The molecule has 0 bridgehead atoms. The van der Waals surface area contributed by atoms with Gasteiger partial charge in [0.2, 0.25) is 11.8 Å². The van der Waals surface area contributed by atoms with Gasteiger partial charge in [-0.25, -0.2) is 4.79 Å². The monoisotopic (exact) mass is 265 g/mol. The van der Waals surface area contributed by atoms with E-state index in [9.17, 15) is 14.4 Å². The summed E-state index contributed by atoms with van der Waals surface area (Å²) in [6, 6.07) is 4.97. The minimum absolute atomic E-state index is 0.139. The SMILES string of the molecule is Cc1ccc(SC2CC(=O)NC2=O)cc1C(=O)O. The van der Waals surface area contributed by atoms with Crippen molar-refractivity contribution in [3.05, 3.63) is 29.3 Å². The average Bonchev–Trinajstić information content (AvgIpc) is 2.60. The van der Waals surface area contributed by atoms with E-state index in [-0.39, 0.29) is 23.8 Å². The van der Waals surface area contributed by atoms with E-state index in [1.807, 2.05) is 0 Å². The van der Waals surface area contributed by atoms with Crippen LogP contribution >= 0.6 is 11.8 Å². The number of carboxylic acid groups (broad SMARTS) is 1. The number of amides is 2. The first kappa shape index (κ1) is 12.6. The van der Waals surface area contributed by atoms with Crippen molar-refractivity contribution in [3.8, 4) is 0 Å². The third-order valence-electron chi connectivity index (χ3n) is 2.64. The molecule has 1 aliphatic heterocycles. The van der Waals surface area contributed by atoms with Gasteiger partial charge in [-0.15, -0.1) is 11.8 Å². The topological polar surface area (TPSA) is 83.5 Å². The van der Waals surface area contributed by atoms with Crippen LogP contribution in [0.5, 0.6) is 0 Å². The molecule has 6 heteroatoms. The zero-order chi connectivity index (χ0) is 13.3. The third kappa shape index (κ3) is 2.53. The quantitative estimate of drug-likeness (QED) is 0.802. The number of carboxylic acids is 1. The number of benzene rings is 1. The van der Waals surface area contributed by atoms with Gasteiger partial charge in [-0.05, 0) is 24.6 Å². The van der Waals surface area contributed by atoms with Crippen LogP contribution in [0.15, 0.2) is 23.1 Å². The number of aromatic carboxylic acids is 1. The Labute approximate surface area is 108 Å². The number of hydrogen-bond acceptors (Lipinski definition) is 4. The number of aryl methyl sites for hydroxylation is 1. The first-order valence-electron chi connectivity index (χ1n) is 5.31. The van der Waals surface area contributed by atoms with Crippen LogP contribution in [0, 0.1) is 6.92 Å². The van der Waals surface area contributed by atoms with Crippen molar-refractivity contribution >= 4 is 29.5 Å². The van der Waals surface area contributed by atoms with Crippen molar-refractivity contribution in [2.75, 3.05) is 0 Å². The summed E-state index contributed by atoms with van der Waals surface area (Å²) in [5.41, 5.74) is 0.878. The fraction of sp³-hybridized carbons (Fsp3) is 0.250. The van der Waals surface area contributed by atoms with Crippen LogP contribution in [0.25, 0.3) is 0 Å². The molecule has 94 valence electrons. The number of rotatable bonds is 3. The second-order valence-electron chi connectivity index (χ2n) is 4.00. The fourth-order valence-electron chi connectivity index (χ4n) is 1.69. The van der Waals surface area contributed by atoms with Crippen LogP contribution in [-0.4, -0.2) is 28.1 Å². The van der Waals surface area contributed by atoms with Gasteiger partial charge in [-0.2, -0.15) is 0 Å². The Morgan fingerprint density at radius 1 is 1.44 bits per heavy atom. The van der Waals surface area contributed by atoms with Crippen molar-refractivity contribution in [3.63, 3.8) is 0 Å². The van der Waals surface area contributed by atoms with Gasteiger partial charge in [0.25, 0.3) is 0 Å². The molecule has 1 unspecified atom stereocenters. The minimum atomic E-state index is -0.998. The Morgan fingerprint density at radius 3 is 2.72 bits per heavy atom. The smallest absolute Gasteiger partial charge is 0.335 e. The summed E-state index contributed by atoms with van der Waals surface area (Å²) in [6.07, 6.45) is 0.139. The van der Waals surface area contributed by atoms with Gasteiger partial charge in [-0.1, -0.05) is 6.07 Å². The van der Waals surface area contributed by atoms with Crippen molar-refractivity contribution in [1.29, 1.82) is 0 Å². The third-order valence-corrected chi connectivity index (χ3v) is 3.83. The molecule has 1 aliphatic rings. The summed E-state index contributed by atoms with van der Waals surface area (Å²) in [5, 5.41) is 10.8. The lowest BCUT2D eigenvalue weighted by Crippen LogP contribution is -2.23. The Balaban J connectivity index is 2.20. The molecule has 2 N–H and O–H groups in total. The molecule has 1 aromatic carbocycles. The summed E-state index contributed by atoms with van der Waals surface area (Å²) in [7, 11) is 0. The second kappa shape index (κ2) is 4.81. The van der Waals surface area contributed by atoms with Gasteiger partial charge < -0.3 is 5.11 Å². The summed E-state index contributed by atoms with van der Waals surface area (Å²) in [5.74, 6) is -1.60. The van der Waals surface area contributed by atoms with E-state index in [1.54, 1.807) is 19.1 Å². The molecule has 0 radical (unpaired) electrons. The molecule has 5 nitrogen and oxygen atoms in total. The average molecular weight is 265 g/mol. The molecule has 0 aliphatic carbocycles. The number of imide groups is 1. The predicted octanol–water partition coefficient (Wildman–Crippen LogP) is 1.20. The van der Waals surface area contributed by atoms with Gasteiger partial charge in [-0.3, -0.25) is 14.9 Å². The summed E-state index contributed by atoms with van der Waals surface area (Å²) < 4.78 is 0. The van der Waals surface area contributed by atoms with Crippen LogP contribution in [-0.2, 0) is 9.59 Å². The van der Waals surface area contributed by atoms with Crippen molar-refractivity contribution in [2.45, 2.75) is 23.5 Å². The fourth-order valence-corrected chi connectivity index (χ4v) is 2.76. The van der Waals surface area contributed by atoms with Crippen molar-refractivity contribution < 1.29 is 19.5 Å². The minimum Gasteiger partial charge on any atom is -0.478 e. The summed E-state index contributed by atoms with van der Waals surface area (Å²) in [4.78, 5) is 34.1. The molecule has 1 aromatic rings. The van der Waals surface area contributed by atoms with E-state index in [0.717, 1.165) is 0 Å². The molecule has 2 amide bonds. The number of thioether (sulfide) groups is 1. The lowest BCUT2D eigenvalue weighted by Gasteiger charge is -2.08. The van der Waals surface area contributed by atoms with E-state index in [0.29, 0.717) is 10.5 Å². The molecule has 1 fully saturated rings. The van der Waals surface area contributed by atoms with E-state index < -0.39 is 11.2 Å². The predicted molar refractivity (Wildman–Crippen MR) is 65.6 cm³/mol. The maximum Gasteiger partial charge on any atom is 0.335 e. The van der Waals surface area contributed by atoms with E-state index in [2.05, 4.69) is 5.32 Å². The van der Waals surface area contributed by atoms with Gasteiger partial charge in [0.1, 0.15) is 0 Å². The van der Waals surface area contributed by atoms with Gasteiger partial charge >= 0.3 is 5.97 Å². The van der Waals surface area contributed by atoms with Crippen molar-refractivity contribution in [2.24, 2.45) is 0 Å². The molecule has 0 spiro atoms. The molecule has 18 heavy (non-hydrogen) atoms. The van der Waals surface area contributed by atoms with E-state index in [4.69, 9.17) is 5.11 Å². The first-order valence-corrected chi connectivity index (χ1v) is 6.19. The molecule has 1 saturated heterocycles. The van der Waals surface area contributed by atoms with Crippen molar-refractivity contribution in [1.82, 2.24) is 5.32 Å². The zero-order valence-corrected chi connectivity index (χ0v) is 10.4. The van der Waals surface area contributed by atoms with Gasteiger partial charge in [0, 0.05) is 11.3 Å². The molecule has 0 aromatic heterocycles.